The number of hydrogen-bond acceptors (Lipinski definition) is 5. The molecule has 0 aromatic rings. The van der Waals surface area contributed by atoms with Gasteiger partial charge in [-0.3, -0.25) is 0 Å². The summed E-state index contributed by atoms with van der Waals surface area (Å²) in [5.74, 6) is 0. The molecule has 4 N–H and O–H groups in total. The van der Waals surface area contributed by atoms with Crippen LogP contribution in [0.5, 0.6) is 0 Å². The van der Waals surface area contributed by atoms with Gasteiger partial charge in [0.05, 0.1) is 24.4 Å². The molecule has 0 spiro atoms. The Morgan fingerprint density at radius 2 is 0.963 bits per heavy atom. The van der Waals surface area contributed by atoms with Gasteiger partial charge in [0.25, 0.3) is 0 Å². The molecule has 0 rings (SSSR count). The first-order valence-corrected chi connectivity index (χ1v) is 11.1. The topological polar surface area (TPSA) is 90.2 Å². The zero-order chi connectivity index (χ0) is 20.8. The SMILES string of the molecule is CCCCCCCC(C)(OC(C)(CCCCCCC)C(O)CO)C(O)CO. The van der Waals surface area contributed by atoms with E-state index in [0.29, 0.717) is 12.8 Å². The highest BCUT2D eigenvalue weighted by molar-refractivity contribution is 4.92. The molecule has 27 heavy (non-hydrogen) atoms. The van der Waals surface area contributed by atoms with Crippen molar-refractivity contribution in [2.75, 3.05) is 13.2 Å². The fourth-order valence-electron chi connectivity index (χ4n) is 3.65. The molecule has 0 radical (unpaired) electrons. The molecule has 164 valence electrons. The second-order valence-corrected chi connectivity index (χ2v) is 8.45. The van der Waals surface area contributed by atoms with Crippen molar-refractivity contribution < 1.29 is 25.2 Å². The lowest BCUT2D eigenvalue weighted by molar-refractivity contribution is -0.234. The lowest BCUT2D eigenvalue weighted by atomic mass is 9.86. The van der Waals surface area contributed by atoms with Gasteiger partial charge in [-0.2, -0.15) is 0 Å². The Morgan fingerprint density at radius 3 is 1.26 bits per heavy atom. The van der Waals surface area contributed by atoms with Crippen molar-refractivity contribution in [3.8, 4) is 0 Å². The van der Waals surface area contributed by atoms with Crippen molar-refractivity contribution in [2.24, 2.45) is 0 Å². The quantitative estimate of drug-likeness (QED) is 0.266. The predicted molar refractivity (Wildman–Crippen MR) is 111 cm³/mol. The standard InChI is InChI=1S/C22H46O5/c1-5-7-9-11-13-15-21(3,19(25)17-23)27-22(4,20(26)18-24)16-14-12-10-8-6-2/h19-20,23-26H,5-18H2,1-4H3. The third kappa shape index (κ3) is 10.2. The molecule has 0 heterocycles. The van der Waals surface area contributed by atoms with Gasteiger partial charge in [0, 0.05) is 0 Å². The van der Waals surface area contributed by atoms with E-state index < -0.39 is 23.4 Å². The average molecular weight is 391 g/mol. The summed E-state index contributed by atoms with van der Waals surface area (Å²) >= 11 is 0. The molecule has 5 heteroatoms. The van der Waals surface area contributed by atoms with Crippen LogP contribution >= 0.6 is 0 Å². The van der Waals surface area contributed by atoms with E-state index in [9.17, 15) is 20.4 Å². The summed E-state index contributed by atoms with van der Waals surface area (Å²) in [5.41, 5.74) is -1.90. The molecule has 4 atom stereocenters. The van der Waals surface area contributed by atoms with Gasteiger partial charge in [-0.25, -0.2) is 0 Å². The minimum absolute atomic E-state index is 0.382. The number of aliphatic hydroxyl groups excluding tert-OH is 4. The highest BCUT2D eigenvalue weighted by atomic mass is 16.5. The number of rotatable bonds is 18. The second-order valence-electron chi connectivity index (χ2n) is 8.45. The monoisotopic (exact) mass is 390 g/mol. The zero-order valence-corrected chi connectivity index (χ0v) is 18.3. The summed E-state index contributed by atoms with van der Waals surface area (Å²) in [7, 11) is 0. The van der Waals surface area contributed by atoms with Gasteiger partial charge < -0.3 is 25.2 Å². The van der Waals surface area contributed by atoms with Crippen LogP contribution in [-0.4, -0.2) is 57.0 Å². The van der Waals surface area contributed by atoms with E-state index in [2.05, 4.69) is 13.8 Å². The Bertz CT molecular complexity index is 320. The summed E-state index contributed by atoms with van der Waals surface area (Å²) in [6, 6.07) is 0. The Morgan fingerprint density at radius 1 is 0.630 bits per heavy atom. The van der Waals surface area contributed by atoms with Crippen molar-refractivity contribution in [1.29, 1.82) is 0 Å². The van der Waals surface area contributed by atoms with Gasteiger partial charge in [-0.1, -0.05) is 78.1 Å². The fraction of sp³-hybridized carbons (Fsp3) is 1.00. The lowest BCUT2D eigenvalue weighted by Crippen LogP contribution is -2.55. The molecule has 0 aromatic carbocycles. The minimum atomic E-state index is -1.02. The average Bonchev–Trinajstić information content (AvgIpc) is 2.66. The van der Waals surface area contributed by atoms with Crippen LogP contribution in [0.25, 0.3) is 0 Å². The summed E-state index contributed by atoms with van der Waals surface area (Å²) in [4.78, 5) is 0. The van der Waals surface area contributed by atoms with E-state index >= 15 is 0 Å². The normalized spacial score (nSPS) is 18.7. The summed E-state index contributed by atoms with van der Waals surface area (Å²) in [6.45, 7) is 7.21. The Labute approximate surface area is 167 Å². The van der Waals surface area contributed by atoms with Gasteiger partial charge in [-0.05, 0) is 26.7 Å². The van der Waals surface area contributed by atoms with Crippen LogP contribution in [0.1, 0.15) is 105 Å². The van der Waals surface area contributed by atoms with Gasteiger partial charge in [0.2, 0.25) is 0 Å². The maximum Gasteiger partial charge on any atom is 0.106 e. The highest BCUT2D eigenvalue weighted by Crippen LogP contribution is 2.34. The number of ether oxygens (including phenoxy) is 1. The first kappa shape index (κ1) is 26.8. The molecule has 0 aliphatic carbocycles. The van der Waals surface area contributed by atoms with Crippen LogP contribution in [0.2, 0.25) is 0 Å². The van der Waals surface area contributed by atoms with Crippen LogP contribution in [0.15, 0.2) is 0 Å². The number of aliphatic hydroxyl groups is 4. The van der Waals surface area contributed by atoms with Crippen LogP contribution in [0.3, 0.4) is 0 Å². The van der Waals surface area contributed by atoms with Gasteiger partial charge in [-0.15, -0.1) is 0 Å². The van der Waals surface area contributed by atoms with Crippen molar-refractivity contribution in [1.82, 2.24) is 0 Å². The second kappa shape index (κ2) is 14.7. The number of hydrogen-bond donors (Lipinski definition) is 4. The Kier molecular flexibility index (Phi) is 14.6. The molecule has 0 fully saturated rings. The summed E-state index contributed by atoms with van der Waals surface area (Å²) in [5, 5.41) is 39.9. The van der Waals surface area contributed by atoms with E-state index in [1.165, 1.54) is 25.7 Å². The first-order chi connectivity index (χ1) is 12.8. The molecule has 0 amide bonds. The number of unbranched alkanes of at least 4 members (excludes halogenated alkanes) is 8. The van der Waals surface area contributed by atoms with E-state index in [1.807, 2.05) is 13.8 Å². The van der Waals surface area contributed by atoms with Crippen molar-refractivity contribution in [2.45, 2.75) is 128 Å². The van der Waals surface area contributed by atoms with Crippen molar-refractivity contribution >= 4 is 0 Å². The van der Waals surface area contributed by atoms with Crippen LogP contribution in [0.4, 0.5) is 0 Å². The maximum absolute atomic E-state index is 10.4. The third-order valence-electron chi connectivity index (χ3n) is 5.78. The van der Waals surface area contributed by atoms with E-state index in [0.717, 1.165) is 38.5 Å². The van der Waals surface area contributed by atoms with Crippen LogP contribution in [-0.2, 0) is 4.74 Å². The molecule has 4 unspecified atom stereocenters. The lowest BCUT2D eigenvalue weighted by Gasteiger charge is -2.44. The molecule has 0 aromatic heterocycles. The minimum Gasteiger partial charge on any atom is -0.394 e. The first-order valence-electron chi connectivity index (χ1n) is 11.1. The third-order valence-corrected chi connectivity index (χ3v) is 5.78. The molecule has 0 saturated heterocycles. The largest absolute Gasteiger partial charge is 0.394 e. The van der Waals surface area contributed by atoms with Crippen molar-refractivity contribution in [3.63, 3.8) is 0 Å². The van der Waals surface area contributed by atoms with Crippen LogP contribution < -0.4 is 0 Å². The van der Waals surface area contributed by atoms with E-state index in [1.54, 1.807) is 0 Å². The van der Waals surface area contributed by atoms with Crippen LogP contribution in [0, 0.1) is 0 Å². The fourth-order valence-corrected chi connectivity index (χ4v) is 3.65. The smallest absolute Gasteiger partial charge is 0.106 e. The maximum atomic E-state index is 10.4. The van der Waals surface area contributed by atoms with Gasteiger partial charge in [0.15, 0.2) is 0 Å². The Hall–Kier alpha value is -0.200. The van der Waals surface area contributed by atoms with Gasteiger partial charge >= 0.3 is 0 Å². The molecule has 5 nitrogen and oxygen atoms in total. The molecular weight excluding hydrogens is 344 g/mol. The molecular formula is C22H46O5. The predicted octanol–water partition coefficient (Wildman–Crippen LogP) is 3.95. The summed E-state index contributed by atoms with van der Waals surface area (Å²) < 4.78 is 6.32. The van der Waals surface area contributed by atoms with Gasteiger partial charge in [0.1, 0.15) is 12.2 Å². The molecule has 0 bridgehead atoms. The summed E-state index contributed by atoms with van der Waals surface area (Å²) in [6.07, 6.45) is 10.1. The highest BCUT2D eigenvalue weighted by Gasteiger charge is 2.43. The molecule has 0 saturated carbocycles. The molecule has 0 aliphatic heterocycles. The van der Waals surface area contributed by atoms with E-state index in [4.69, 9.17) is 4.74 Å². The molecule has 0 aliphatic rings. The van der Waals surface area contributed by atoms with E-state index in [-0.39, 0.29) is 13.2 Å². The zero-order valence-electron chi connectivity index (χ0n) is 18.3. The Balaban J connectivity index is 5.00. The van der Waals surface area contributed by atoms with Crippen molar-refractivity contribution in [3.05, 3.63) is 0 Å².